The summed E-state index contributed by atoms with van der Waals surface area (Å²) in [7, 11) is -4.14. The van der Waals surface area contributed by atoms with E-state index in [4.69, 9.17) is 5.11 Å². The van der Waals surface area contributed by atoms with Gasteiger partial charge in [0.25, 0.3) is 0 Å². The van der Waals surface area contributed by atoms with E-state index in [1.807, 2.05) is 0 Å². The maximum absolute atomic E-state index is 13.4. The number of hydrogen-bond acceptors (Lipinski definition) is 3. The average molecular weight is 419 g/mol. The molecule has 1 N–H and O–H groups in total. The third-order valence-electron chi connectivity index (χ3n) is 4.94. The molecular weight excluding hydrogens is 395 g/mol. The monoisotopic (exact) mass is 419 g/mol. The van der Waals surface area contributed by atoms with Crippen molar-refractivity contribution >= 4 is 16.0 Å². The number of benzene rings is 1. The Labute approximate surface area is 162 Å². The van der Waals surface area contributed by atoms with Crippen molar-refractivity contribution in [3.8, 4) is 0 Å². The third-order valence-corrected chi connectivity index (χ3v) is 7.16. The van der Waals surface area contributed by atoms with Crippen LogP contribution in [0.1, 0.15) is 54.9 Å². The lowest BCUT2D eigenvalue weighted by Gasteiger charge is -2.37. The molecule has 1 aromatic rings. The van der Waals surface area contributed by atoms with Crippen LogP contribution in [-0.2, 0) is 21.0 Å². The number of nitrogens with zero attached hydrogens (tertiary/aromatic N) is 1. The molecule has 5 nitrogen and oxygen atoms in total. The Morgan fingerprint density at radius 2 is 2.00 bits per heavy atom. The molecule has 1 fully saturated rings. The molecule has 0 aromatic heterocycles. The molecule has 1 heterocycles. The van der Waals surface area contributed by atoms with Gasteiger partial charge in [-0.05, 0) is 37.3 Å². The normalized spacial score (nSPS) is 19.9. The summed E-state index contributed by atoms with van der Waals surface area (Å²) in [4.78, 5) is 10.7. The molecule has 2 unspecified atom stereocenters. The maximum Gasteiger partial charge on any atom is 0.416 e. The Bertz CT molecular complexity index is 808. The molecule has 2 atom stereocenters. The van der Waals surface area contributed by atoms with E-state index >= 15 is 0 Å². The third kappa shape index (κ3) is 5.14. The summed E-state index contributed by atoms with van der Waals surface area (Å²) in [5, 5.41) is 7.28. The number of carbonyl (C=O) groups is 1. The lowest BCUT2D eigenvalue weighted by molar-refractivity contribution is -0.138. The van der Waals surface area contributed by atoms with Crippen LogP contribution in [0, 0.1) is 0 Å². The minimum atomic E-state index is -4.68. The van der Waals surface area contributed by atoms with E-state index in [1.54, 1.807) is 0 Å². The molecule has 9 heteroatoms. The topological polar surface area (TPSA) is 74.7 Å². The Morgan fingerprint density at radius 1 is 1.32 bits per heavy atom. The first-order valence-corrected chi connectivity index (χ1v) is 10.6. The largest absolute Gasteiger partial charge is 0.481 e. The van der Waals surface area contributed by atoms with Crippen molar-refractivity contribution in [2.24, 2.45) is 0 Å². The summed E-state index contributed by atoms with van der Waals surface area (Å²) >= 11 is 0. The Balaban J connectivity index is 2.37. The van der Waals surface area contributed by atoms with Gasteiger partial charge in [0, 0.05) is 19.0 Å². The number of sulfonamides is 1. The SMILES string of the molecule is C=CC(c1ccccc1C(F)(F)F)S(=O)(=O)N1CCCCC1CCCC(=O)O. The van der Waals surface area contributed by atoms with Crippen LogP contribution in [0.2, 0.25) is 0 Å². The molecule has 0 saturated carbocycles. The average Bonchev–Trinajstić information content (AvgIpc) is 2.61. The predicted octanol–water partition coefficient (Wildman–Crippen LogP) is 4.37. The van der Waals surface area contributed by atoms with Crippen LogP contribution in [-0.4, -0.2) is 36.4 Å². The molecule has 1 aromatic carbocycles. The molecule has 0 aliphatic carbocycles. The number of carboxylic acids is 1. The first-order valence-electron chi connectivity index (χ1n) is 9.10. The van der Waals surface area contributed by atoms with Gasteiger partial charge in [-0.25, -0.2) is 8.42 Å². The number of rotatable bonds is 8. The highest BCUT2D eigenvalue weighted by atomic mass is 32.2. The molecule has 28 heavy (non-hydrogen) atoms. The second-order valence-corrected chi connectivity index (χ2v) is 8.84. The quantitative estimate of drug-likeness (QED) is 0.635. The molecule has 0 amide bonds. The molecular formula is C19H24F3NO4S. The van der Waals surface area contributed by atoms with Gasteiger partial charge in [-0.15, -0.1) is 6.58 Å². The van der Waals surface area contributed by atoms with Gasteiger partial charge < -0.3 is 5.11 Å². The highest BCUT2D eigenvalue weighted by molar-refractivity contribution is 7.89. The zero-order chi connectivity index (χ0) is 20.9. The van der Waals surface area contributed by atoms with E-state index in [2.05, 4.69) is 6.58 Å². The molecule has 2 rings (SSSR count). The van der Waals surface area contributed by atoms with E-state index in [0.29, 0.717) is 25.7 Å². The number of alkyl halides is 3. The number of carboxylic acid groups (broad SMARTS) is 1. The van der Waals surface area contributed by atoms with Crippen molar-refractivity contribution in [2.75, 3.05) is 6.54 Å². The van der Waals surface area contributed by atoms with Gasteiger partial charge in [0.2, 0.25) is 10.0 Å². The van der Waals surface area contributed by atoms with E-state index in [0.717, 1.165) is 24.6 Å². The summed E-state index contributed by atoms with van der Waals surface area (Å²) < 4.78 is 68.0. The molecule has 1 aliphatic rings. The lowest BCUT2D eigenvalue weighted by atomic mass is 10.00. The van der Waals surface area contributed by atoms with Crippen LogP contribution >= 0.6 is 0 Å². The van der Waals surface area contributed by atoms with Crippen LogP contribution in [0.25, 0.3) is 0 Å². The minimum absolute atomic E-state index is 0.0772. The molecule has 1 saturated heterocycles. The maximum atomic E-state index is 13.4. The van der Waals surface area contributed by atoms with Gasteiger partial charge >= 0.3 is 12.1 Å². The van der Waals surface area contributed by atoms with Crippen molar-refractivity contribution < 1.29 is 31.5 Å². The van der Waals surface area contributed by atoms with Crippen LogP contribution in [0.5, 0.6) is 0 Å². The van der Waals surface area contributed by atoms with Gasteiger partial charge in [0.05, 0.1) is 5.56 Å². The fraction of sp³-hybridized carbons (Fsp3) is 0.526. The Hall–Kier alpha value is -1.87. The molecule has 0 spiro atoms. The van der Waals surface area contributed by atoms with Crippen LogP contribution in [0.3, 0.4) is 0 Å². The zero-order valence-corrected chi connectivity index (χ0v) is 16.2. The standard InChI is InChI=1S/C19H24F3NO4S/c1-2-17(15-10-3-4-11-16(15)19(20,21)22)28(26,27)23-13-6-5-8-14(23)9-7-12-18(24)25/h2-4,10-11,14,17H,1,5-9,12-13H2,(H,24,25). The predicted molar refractivity (Wildman–Crippen MR) is 99.1 cm³/mol. The highest BCUT2D eigenvalue weighted by Crippen LogP contribution is 2.39. The van der Waals surface area contributed by atoms with Gasteiger partial charge in [-0.2, -0.15) is 17.5 Å². The fourth-order valence-corrected chi connectivity index (χ4v) is 5.72. The van der Waals surface area contributed by atoms with E-state index in [1.165, 1.54) is 16.4 Å². The van der Waals surface area contributed by atoms with Crippen molar-refractivity contribution in [3.05, 3.63) is 48.0 Å². The summed E-state index contributed by atoms with van der Waals surface area (Å²) in [6.07, 6.45) is -1.10. The first kappa shape index (κ1) is 22.4. The second-order valence-electron chi connectivity index (χ2n) is 6.83. The highest BCUT2D eigenvalue weighted by Gasteiger charge is 2.41. The number of halogens is 3. The number of hydrogen-bond donors (Lipinski definition) is 1. The van der Waals surface area contributed by atoms with Crippen LogP contribution < -0.4 is 0 Å². The number of aliphatic carboxylic acids is 1. The molecule has 0 radical (unpaired) electrons. The van der Waals surface area contributed by atoms with E-state index in [-0.39, 0.29) is 18.5 Å². The lowest BCUT2D eigenvalue weighted by Crippen LogP contribution is -2.45. The first-order chi connectivity index (χ1) is 13.1. The minimum Gasteiger partial charge on any atom is -0.481 e. The summed E-state index contributed by atoms with van der Waals surface area (Å²) in [6, 6.07) is 4.20. The Morgan fingerprint density at radius 3 is 2.61 bits per heavy atom. The fourth-order valence-electron chi connectivity index (χ4n) is 3.64. The molecule has 1 aliphatic heterocycles. The second kappa shape index (κ2) is 9.09. The Kier molecular flexibility index (Phi) is 7.28. The van der Waals surface area contributed by atoms with Crippen molar-refractivity contribution in [1.29, 1.82) is 0 Å². The van der Waals surface area contributed by atoms with Crippen LogP contribution in [0.4, 0.5) is 13.2 Å². The van der Waals surface area contributed by atoms with Gasteiger partial charge in [-0.3, -0.25) is 4.79 Å². The number of piperidine rings is 1. The van der Waals surface area contributed by atoms with Crippen LogP contribution in [0.15, 0.2) is 36.9 Å². The summed E-state index contributed by atoms with van der Waals surface area (Å²) in [6.45, 7) is 3.69. The van der Waals surface area contributed by atoms with Crippen molar-refractivity contribution in [1.82, 2.24) is 4.31 Å². The molecule has 156 valence electrons. The summed E-state index contributed by atoms with van der Waals surface area (Å²) in [5.41, 5.74) is -1.34. The van der Waals surface area contributed by atoms with E-state index < -0.39 is 39.0 Å². The van der Waals surface area contributed by atoms with Gasteiger partial charge in [-0.1, -0.05) is 30.7 Å². The molecule has 0 bridgehead atoms. The zero-order valence-electron chi connectivity index (χ0n) is 15.4. The van der Waals surface area contributed by atoms with Crippen molar-refractivity contribution in [3.63, 3.8) is 0 Å². The summed E-state index contributed by atoms with van der Waals surface area (Å²) in [5.74, 6) is -0.965. The van der Waals surface area contributed by atoms with Gasteiger partial charge in [0.15, 0.2) is 0 Å². The smallest absolute Gasteiger partial charge is 0.416 e. The van der Waals surface area contributed by atoms with Crippen molar-refractivity contribution in [2.45, 2.75) is 56.0 Å². The van der Waals surface area contributed by atoms with Gasteiger partial charge in [0.1, 0.15) is 5.25 Å². The van der Waals surface area contributed by atoms with E-state index in [9.17, 15) is 26.4 Å².